The van der Waals surface area contributed by atoms with Crippen molar-refractivity contribution in [3.63, 3.8) is 0 Å². The van der Waals surface area contributed by atoms with Crippen molar-refractivity contribution in [1.82, 2.24) is 4.98 Å². The van der Waals surface area contributed by atoms with Crippen LogP contribution in [0.4, 0.5) is 11.4 Å². The highest BCUT2D eigenvalue weighted by Gasteiger charge is 2.15. The molecule has 0 bridgehead atoms. The van der Waals surface area contributed by atoms with Gasteiger partial charge in [0, 0.05) is 30.1 Å². The molecule has 0 radical (unpaired) electrons. The molecule has 0 atom stereocenters. The maximum atomic E-state index is 11.7. The lowest BCUT2D eigenvalue weighted by Crippen LogP contribution is -2.06. The summed E-state index contributed by atoms with van der Waals surface area (Å²) >= 11 is 0. The molecule has 0 aliphatic rings. The average Bonchev–Trinajstić information content (AvgIpc) is 2.52. The fourth-order valence-electron chi connectivity index (χ4n) is 1.64. The smallest absolute Gasteiger partial charge is 0.338 e. The summed E-state index contributed by atoms with van der Waals surface area (Å²) in [6, 6.07) is 7.29. The lowest BCUT2D eigenvalue weighted by Gasteiger charge is -2.03. The van der Waals surface area contributed by atoms with Crippen LogP contribution in [-0.2, 0) is 4.74 Å². The molecule has 0 N–H and O–H groups in total. The van der Waals surface area contributed by atoms with E-state index >= 15 is 0 Å². The molecule has 0 amide bonds. The van der Waals surface area contributed by atoms with Crippen LogP contribution in [0, 0.1) is 10.1 Å². The van der Waals surface area contributed by atoms with Gasteiger partial charge in [0.15, 0.2) is 0 Å². The van der Waals surface area contributed by atoms with Crippen LogP contribution in [0.5, 0.6) is 0 Å². The van der Waals surface area contributed by atoms with E-state index in [1.54, 1.807) is 18.3 Å². The Kier molecular flexibility index (Phi) is 4.35. The second kappa shape index (κ2) is 6.38. The number of nitro benzene ring substituents is 1. The zero-order valence-electron chi connectivity index (χ0n) is 11.1. The molecule has 0 aliphatic carbocycles. The first-order chi connectivity index (χ1) is 10.1. The number of hydrogen-bond donors (Lipinski definition) is 0. The third-order valence-corrected chi connectivity index (χ3v) is 2.65. The number of benzene rings is 1. The highest BCUT2D eigenvalue weighted by Crippen LogP contribution is 2.18. The van der Waals surface area contributed by atoms with Crippen molar-refractivity contribution >= 4 is 23.6 Å². The van der Waals surface area contributed by atoms with E-state index in [1.807, 2.05) is 0 Å². The second-order valence-electron chi connectivity index (χ2n) is 3.99. The van der Waals surface area contributed by atoms with Crippen molar-refractivity contribution in [2.45, 2.75) is 0 Å². The first-order valence-electron chi connectivity index (χ1n) is 5.92. The molecule has 1 aromatic heterocycles. The van der Waals surface area contributed by atoms with Gasteiger partial charge < -0.3 is 4.74 Å². The summed E-state index contributed by atoms with van der Waals surface area (Å²) in [4.78, 5) is 30.0. The van der Waals surface area contributed by atoms with Gasteiger partial charge >= 0.3 is 5.97 Å². The normalized spacial score (nSPS) is 10.5. The minimum atomic E-state index is -0.586. The maximum Gasteiger partial charge on any atom is 0.338 e. The van der Waals surface area contributed by atoms with Gasteiger partial charge in [0.05, 0.1) is 29.5 Å². The SMILES string of the molecule is COC(=O)c1ccc([N+](=O)[O-])cc1/C=N/c1cccnc1. The van der Waals surface area contributed by atoms with Crippen molar-refractivity contribution in [3.8, 4) is 0 Å². The Balaban J connectivity index is 2.43. The summed E-state index contributed by atoms with van der Waals surface area (Å²) in [5.41, 5.74) is 0.950. The summed E-state index contributed by atoms with van der Waals surface area (Å²) in [5, 5.41) is 10.8. The van der Waals surface area contributed by atoms with E-state index in [0.717, 1.165) is 0 Å². The molecule has 1 heterocycles. The van der Waals surface area contributed by atoms with Crippen LogP contribution in [0.1, 0.15) is 15.9 Å². The number of carbonyl (C=O) groups is 1. The second-order valence-corrected chi connectivity index (χ2v) is 3.99. The standard InChI is InChI=1S/C14H11N3O4/c1-21-14(18)13-5-4-12(17(19)20)7-10(13)8-16-11-3-2-6-15-9-11/h2-9H,1H3/b16-8+. The molecule has 0 saturated heterocycles. The zero-order chi connectivity index (χ0) is 15.2. The van der Waals surface area contributed by atoms with E-state index < -0.39 is 10.9 Å². The highest BCUT2D eigenvalue weighted by atomic mass is 16.6. The molecule has 2 aromatic rings. The number of esters is 1. The first kappa shape index (κ1) is 14.3. The van der Waals surface area contributed by atoms with Crippen LogP contribution >= 0.6 is 0 Å². The molecule has 0 unspecified atom stereocenters. The van der Waals surface area contributed by atoms with Crippen LogP contribution in [0.2, 0.25) is 0 Å². The van der Waals surface area contributed by atoms with Crippen molar-refractivity contribution in [2.75, 3.05) is 7.11 Å². The van der Waals surface area contributed by atoms with E-state index in [2.05, 4.69) is 14.7 Å². The van der Waals surface area contributed by atoms with Crippen LogP contribution in [0.15, 0.2) is 47.7 Å². The van der Waals surface area contributed by atoms with E-state index in [9.17, 15) is 14.9 Å². The number of nitro groups is 1. The number of aliphatic imine (C=N–C) groups is 1. The van der Waals surface area contributed by atoms with Crippen LogP contribution in [0.25, 0.3) is 0 Å². The fourth-order valence-corrected chi connectivity index (χ4v) is 1.64. The first-order valence-corrected chi connectivity index (χ1v) is 5.92. The lowest BCUT2D eigenvalue weighted by atomic mass is 10.1. The summed E-state index contributed by atoms with van der Waals surface area (Å²) in [7, 11) is 1.24. The van der Waals surface area contributed by atoms with Crippen LogP contribution in [-0.4, -0.2) is 29.2 Å². The number of aromatic nitrogens is 1. The molecule has 106 valence electrons. The molecule has 21 heavy (non-hydrogen) atoms. The molecule has 7 nitrogen and oxygen atoms in total. The number of hydrogen-bond acceptors (Lipinski definition) is 6. The lowest BCUT2D eigenvalue weighted by molar-refractivity contribution is -0.384. The Labute approximate surface area is 120 Å². The zero-order valence-corrected chi connectivity index (χ0v) is 11.1. The van der Waals surface area contributed by atoms with Gasteiger partial charge in [-0.05, 0) is 18.2 Å². The van der Waals surface area contributed by atoms with Crippen molar-refractivity contribution in [1.29, 1.82) is 0 Å². The van der Waals surface area contributed by atoms with E-state index in [0.29, 0.717) is 11.3 Å². The van der Waals surface area contributed by atoms with Gasteiger partial charge in [-0.3, -0.25) is 20.1 Å². The number of pyridine rings is 1. The number of non-ortho nitro benzene ring substituents is 1. The number of ether oxygens (including phenoxy) is 1. The largest absolute Gasteiger partial charge is 0.465 e. The topological polar surface area (TPSA) is 94.7 Å². The quantitative estimate of drug-likeness (QED) is 0.372. The van der Waals surface area contributed by atoms with Gasteiger partial charge in [-0.2, -0.15) is 0 Å². The van der Waals surface area contributed by atoms with E-state index in [1.165, 1.54) is 37.7 Å². The molecule has 0 fully saturated rings. The summed E-state index contributed by atoms with van der Waals surface area (Å²) in [5.74, 6) is -0.586. The molecule has 0 saturated carbocycles. The van der Waals surface area contributed by atoms with Gasteiger partial charge in [0.2, 0.25) is 0 Å². The van der Waals surface area contributed by atoms with Gasteiger partial charge in [-0.1, -0.05) is 0 Å². The maximum absolute atomic E-state index is 11.7. The number of methoxy groups -OCH3 is 1. The Hall–Kier alpha value is -3.09. The Bertz CT molecular complexity index is 699. The molecule has 2 rings (SSSR count). The predicted molar refractivity (Wildman–Crippen MR) is 75.9 cm³/mol. The van der Waals surface area contributed by atoms with Crippen LogP contribution < -0.4 is 0 Å². The predicted octanol–water partition coefficient (Wildman–Crippen LogP) is 2.53. The molecule has 0 aliphatic heterocycles. The number of carbonyl (C=O) groups excluding carboxylic acids is 1. The Morgan fingerprint density at radius 3 is 2.86 bits per heavy atom. The third-order valence-electron chi connectivity index (χ3n) is 2.65. The summed E-state index contributed by atoms with van der Waals surface area (Å²) in [6.45, 7) is 0. The van der Waals surface area contributed by atoms with Gasteiger partial charge in [0.1, 0.15) is 0 Å². The Morgan fingerprint density at radius 1 is 1.43 bits per heavy atom. The van der Waals surface area contributed by atoms with E-state index in [-0.39, 0.29) is 11.3 Å². The summed E-state index contributed by atoms with van der Waals surface area (Å²) < 4.78 is 4.65. The van der Waals surface area contributed by atoms with Gasteiger partial charge in [-0.15, -0.1) is 0 Å². The Morgan fingerprint density at radius 2 is 2.24 bits per heavy atom. The van der Waals surface area contributed by atoms with Crippen molar-refractivity contribution in [2.24, 2.45) is 4.99 Å². The molecular formula is C14H11N3O4. The summed E-state index contributed by atoms with van der Waals surface area (Å²) in [6.07, 6.45) is 4.51. The molecule has 7 heteroatoms. The van der Waals surface area contributed by atoms with Gasteiger partial charge in [-0.25, -0.2) is 4.79 Å². The molecular weight excluding hydrogens is 274 g/mol. The van der Waals surface area contributed by atoms with E-state index in [4.69, 9.17) is 0 Å². The minimum Gasteiger partial charge on any atom is -0.465 e. The van der Waals surface area contributed by atoms with Crippen LogP contribution in [0.3, 0.4) is 0 Å². The third kappa shape index (κ3) is 3.47. The van der Waals surface area contributed by atoms with Crippen molar-refractivity contribution < 1.29 is 14.5 Å². The highest BCUT2D eigenvalue weighted by molar-refractivity contribution is 6.00. The number of rotatable bonds is 4. The van der Waals surface area contributed by atoms with Crippen molar-refractivity contribution in [3.05, 3.63) is 64.0 Å². The van der Waals surface area contributed by atoms with Gasteiger partial charge in [0.25, 0.3) is 5.69 Å². The monoisotopic (exact) mass is 285 g/mol. The number of nitrogens with zero attached hydrogens (tertiary/aromatic N) is 3. The minimum absolute atomic E-state index is 0.129. The molecule has 1 aromatic carbocycles. The molecule has 0 spiro atoms. The fraction of sp³-hybridized carbons (Fsp3) is 0.0714. The average molecular weight is 285 g/mol.